The molecule has 4 nitrogen and oxygen atoms in total. The molecule has 0 amide bonds. The topological polar surface area (TPSA) is 59.3 Å². The monoisotopic (exact) mass is 449 g/mol. The summed E-state index contributed by atoms with van der Waals surface area (Å²) in [6, 6.07) is 17.8. The van der Waals surface area contributed by atoms with Crippen molar-refractivity contribution in [3.63, 3.8) is 0 Å². The van der Waals surface area contributed by atoms with Gasteiger partial charge in [-0.25, -0.2) is 0 Å². The van der Waals surface area contributed by atoms with Crippen molar-refractivity contribution in [3.05, 3.63) is 48.5 Å². The van der Waals surface area contributed by atoms with E-state index in [2.05, 4.69) is 19.9 Å². The molecule has 178 valence electrons. The number of hydrogen-bond acceptors (Lipinski definition) is 4. The zero-order valence-corrected chi connectivity index (χ0v) is 20.6. The molecule has 0 aliphatic heterocycles. The Labute approximate surface area is 199 Å². The molecule has 2 aromatic rings. The Morgan fingerprint density at radius 3 is 1.94 bits per heavy atom. The van der Waals surface area contributed by atoms with E-state index in [0.717, 1.165) is 42.7 Å². The Morgan fingerprint density at radius 1 is 0.818 bits per heavy atom. The molecule has 0 bridgehead atoms. The predicted octanol–water partition coefficient (Wildman–Crippen LogP) is 8.11. The quantitative estimate of drug-likeness (QED) is 0.156. The van der Waals surface area contributed by atoms with E-state index in [1.807, 2.05) is 43.3 Å². The van der Waals surface area contributed by atoms with Crippen LogP contribution in [0.3, 0.4) is 0 Å². The molecule has 0 aliphatic carbocycles. The number of nitrogens with zero attached hydrogens (tertiary/aromatic N) is 1. The molecule has 0 saturated carbocycles. The molecule has 2 rings (SSSR count). The molecule has 0 saturated heterocycles. The molecule has 0 spiro atoms. The summed E-state index contributed by atoms with van der Waals surface area (Å²) in [5.41, 5.74) is 1.45. The lowest BCUT2D eigenvalue weighted by molar-refractivity contribution is -0.136. The molecule has 1 unspecified atom stereocenters. The van der Waals surface area contributed by atoms with Gasteiger partial charge in [0.1, 0.15) is 11.5 Å². The average molecular weight is 450 g/mol. The fourth-order valence-electron chi connectivity index (χ4n) is 3.77. The van der Waals surface area contributed by atoms with Crippen molar-refractivity contribution in [2.24, 2.45) is 5.41 Å². The Kier molecular flexibility index (Phi) is 11.5. The van der Waals surface area contributed by atoms with Gasteiger partial charge in [0.2, 0.25) is 0 Å². The molecule has 0 aliphatic rings. The van der Waals surface area contributed by atoms with Crippen molar-refractivity contribution in [2.45, 2.75) is 85.0 Å². The van der Waals surface area contributed by atoms with Gasteiger partial charge in [0, 0.05) is 0 Å². The second-order valence-electron chi connectivity index (χ2n) is 9.09. The van der Waals surface area contributed by atoms with Gasteiger partial charge in [0.25, 0.3) is 0 Å². The van der Waals surface area contributed by atoms with Gasteiger partial charge < -0.3 is 9.47 Å². The first-order chi connectivity index (χ1) is 16.0. The molecular weight excluding hydrogens is 410 g/mol. The lowest BCUT2D eigenvalue weighted by Gasteiger charge is -2.19. The van der Waals surface area contributed by atoms with Crippen LogP contribution in [0.5, 0.6) is 11.5 Å². The molecular formula is C29H39NO3. The van der Waals surface area contributed by atoms with Crippen molar-refractivity contribution < 1.29 is 14.3 Å². The molecule has 4 heteroatoms. The van der Waals surface area contributed by atoms with Crippen molar-refractivity contribution in [1.82, 2.24) is 0 Å². The van der Waals surface area contributed by atoms with Gasteiger partial charge in [0.15, 0.2) is 0 Å². The van der Waals surface area contributed by atoms with E-state index in [9.17, 15) is 10.1 Å². The lowest BCUT2D eigenvalue weighted by Crippen LogP contribution is -2.22. The van der Waals surface area contributed by atoms with E-state index < -0.39 is 5.41 Å². The van der Waals surface area contributed by atoms with Gasteiger partial charge in [-0.05, 0) is 55.2 Å². The minimum Gasteiger partial charge on any atom is -0.494 e. The number of carbonyl (C=O) groups is 1. The SMILES string of the molecule is CCCCCCCCOc1ccc(-c2ccc(OC(=O)CC(C)(C#N)CCCC)cc2)cc1. The average Bonchev–Trinajstić information content (AvgIpc) is 2.83. The van der Waals surface area contributed by atoms with Crippen molar-refractivity contribution in [2.75, 3.05) is 6.61 Å². The zero-order chi connectivity index (χ0) is 23.9. The fraction of sp³-hybridized carbons (Fsp3) is 0.517. The van der Waals surface area contributed by atoms with Gasteiger partial charge in [-0.15, -0.1) is 0 Å². The number of hydrogen-bond donors (Lipinski definition) is 0. The largest absolute Gasteiger partial charge is 0.494 e. The minimum absolute atomic E-state index is 0.103. The van der Waals surface area contributed by atoms with Crippen molar-refractivity contribution in [1.29, 1.82) is 5.26 Å². The third-order valence-corrected chi connectivity index (χ3v) is 5.93. The maximum atomic E-state index is 12.3. The Hall–Kier alpha value is -2.80. The smallest absolute Gasteiger partial charge is 0.312 e. The summed E-state index contributed by atoms with van der Waals surface area (Å²) in [6.45, 7) is 6.90. The first-order valence-electron chi connectivity index (χ1n) is 12.4. The maximum absolute atomic E-state index is 12.3. The van der Waals surface area contributed by atoms with Crippen LogP contribution < -0.4 is 9.47 Å². The van der Waals surface area contributed by atoms with Gasteiger partial charge in [-0.3, -0.25) is 4.79 Å². The van der Waals surface area contributed by atoms with Gasteiger partial charge in [-0.1, -0.05) is 83.1 Å². The standard InChI is InChI=1S/C29H39NO3/c1-4-6-8-9-10-11-21-32-26-16-12-24(13-17-26)25-14-18-27(19-15-25)33-28(31)22-29(3,23-30)20-7-5-2/h12-19H,4-11,20-22H2,1-3H3. The molecule has 1 atom stereocenters. The summed E-state index contributed by atoms with van der Waals surface area (Å²) >= 11 is 0. The van der Waals surface area contributed by atoms with Crippen molar-refractivity contribution >= 4 is 5.97 Å². The van der Waals surface area contributed by atoms with Crippen LogP contribution in [-0.4, -0.2) is 12.6 Å². The van der Waals surface area contributed by atoms with Gasteiger partial charge in [-0.2, -0.15) is 5.26 Å². The first kappa shape index (κ1) is 26.5. The molecule has 0 N–H and O–H groups in total. The van der Waals surface area contributed by atoms with Crippen LogP contribution in [0.25, 0.3) is 11.1 Å². The molecule has 0 fully saturated rings. The van der Waals surface area contributed by atoms with E-state index in [1.54, 1.807) is 12.1 Å². The summed E-state index contributed by atoms with van der Waals surface area (Å²) in [5.74, 6) is 1.02. The van der Waals surface area contributed by atoms with Crippen LogP contribution in [-0.2, 0) is 4.79 Å². The van der Waals surface area contributed by atoms with E-state index in [4.69, 9.17) is 9.47 Å². The third-order valence-electron chi connectivity index (χ3n) is 5.93. The molecule has 33 heavy (non-hydrogen) atoms. The second kappa shape index (κ2) is 14.4. The number of benzene rings is 2. The van der Waals surface area contributed by atoms with Crippen LogP contribution in [0.1, 0.15) is 85.0 Å². The number of ether oxygens (including phenoxy) is 2. The molecule has 0 radical (unpaired) electrons. The van der Waals surface area contributed by atoms with E-state index in [1.165, 1.54) is 32.1 Å². The zero-order valence-electron chi connectivity index (χ0n) is 20.6. The van der Waals surface area contributed by atoms with Crippen LogP contribution >= 0.6 is 0 Å². The minimum atomic E-state index is -0.675. The van der Waals surface area contributed by atoms with Crippen LogP contribution in [0.15, 0.2) is 48.5 Å². The number of esters is 1. The number of carbonyl (C=O) groups excluding carboxylic acids is 1. The summed E-state index contributed by atoms with van der Waals surface area (Å²) in [6.07, 6.45) is 10.3. The number of rotatable bonds is 15. The normalized spacial score (nSPS) is 12.5. The summed E-state index contributed by atoms with van der Waals surface area (Å²) in [7, 11) is 0. The van der Waals surface area contributed by atoms with E-state index >= 15 is 0 Å². The van der Waals surface area contributed by atoms with E-state index in [-0.39, 0.29) is 12.4 Å². The lowest BCUT2D eigenvalue weighted by atomic mass is 9.83. The fourth-order valence-corrected chi connectivity index (χ4v) is 3.77. The molecule has 0 aromatic heterocycles. The van der Waals surface area contributed by atoms with Crippen LogP contribution in [0.2, 0.25) is 0 Å². The van der Waals surface area contributed by atoms with E-state index in [0.29, 0.717) is 12.2 Å². The number of unbranched alkanes of at least 4 members (excludes halogenated alkanes) is 6. The van der Waals surface area contributed by atoms with Crippen molar-refractivity contribution in [3.8, 4) is 28.7 Å². The Balaban J connectivity index is 1.82. The Bertz CT molecular complexity index is 867. The third kappa shape index (κ3) is 9.70. The summed E-state index contributed by atoms with van der Waals surface area (Å²) in [4.78, 5) is 12.3. The predicted molar refractivity (Wildman–Crippen MR) is 134 cm³/mol. The highest BCUT2D eigenvalue weighted by molar-refractivity contribution is 5.74. The van der Waals surface area contributed by atoms with Gasteiger partial charge in [0.05, 0.1) is 24.5 Å². The maximum Gasteiger partial charge on any atom is 0.312 e. The molecule has 0 heterocycles. The highest BCUT2D eigenvalue weighted by Gasteiger charge is 2.28. The number of nitriles is 1. The second-order valence-corrected chi connectivity index (χ2v) is 9.09. The highest BCUT2D eigenvalue weighted by Crippen LogP contribution is 2.29. The highest BCUT2D eigenvalue weighted by atomic mass is 16.5. The summed E-state index contributed by atoms with van der Waals surface area (Å²) in [5, 5.41) is 9.44. The van der Waals surface area contributed by atoms with Crippen LogP contribution in [0, 0.1) is 16.7 Å². The Morgan fingerprint density at radius 2 is 1.36 bits per heavy atom. The summed E-state index contributed by atoms with van der Waals surface area (Å²) < 4.78 is 11.3. The molecule has 2 aromatic carbocycles. The van der Waals surface area contributed by atoms with Gasteiger partial charge >= 0.3 is 5.97 Å². The first-order valence-corrected chi connectivity index (χ1v) is 12.4. The van der Waals surface area contributed by atoms with Crippen LogP contribution in [0.4, 0.5) is 0 Å².